The highest BCUT2D eigenvalue weighted by molar-refractivity contribution is 7.92. The second-order valence-electron chi connectivity index (χ2n) is 9.94. The summed E-state index contributed by atoms with van der Waals surface area (Å²) in [5.41, 5.74) is 0.894. The molecule has 12 heteroatoms. The van der Waals surface area contributed by atoms with Crippen LogP contribution in [0.3, 0.4) is 0 Å². The fourth-order valence-electron chi connectivity index (χ4n) is 4.98. The molecule has 1 saturated heterocycles. The summed E-state index contributed by atoms with van der Waals surface area (Å²) in [4.78, 5) is 29.8. The number of aromatic nitrogens is 1. The van der Waals surface area contributed by atoms with Crippen molar-refractivity contribution in [3.05, 3.63) is 65.9 Å². The number of nitrogens with zero attached hydrogens (tertiary/aromatic N) is 1. The molecule has 0 spiro atoms. The summed E-state index contributed by atoms with van der Waals surface area (Å²) in [6.07, 6.45) is 4.82. The number of esters is 1. The zero-order valence-corrected chi connectivity index (χ0v) is 24.2. The van der Waals surface area contributed by atoms with Crippen molar-refractivity contribution in [1.29, 1.82) is 0 Å². The molecule has 1 unspecified atom stereocenters. The van der Waals surface area contributed by atoms with Gasteiger partial charge in [0.1, 0.15) is 5.75 Å². The first-order chi connectivity index (χ1) is 19.8. The van der Waals surface area contributed by atoms with Gasteiger partial charge in [0, 0.05) is 13.2 Å². The Morgan fingerprint density at radius 1 is 1.05 bits per heavy atom. The molecule has 10 nitrogen and oxygen atoms in total. The van der Waals surface area contributed by atoms with Crippen molar-refractivity contribution in [2.24, 2.45) is 0 Å². The van der Waals surface area contributed by atoms with Gasteiger partial charge in [-0.3, -0.25) is 10.1 Å². The number of benzene rings is 2. The van der Waals surface area contributed by atoms with E-state index in [-0.39, 0.29) is 16.2 Å². The van der Waals surface area contributed by atoms with Crippen molar-refractivity contribution in [3.8, 4) is 10.8 Å². The van der Waals surface area contributed by atoms with Crippen molar-refractivity contribution in [2.75, 3.05) is 25.6 Å². The fourth-order valence-corrected chi connectivity index (χ4v) is 7.52. The molecule has 1 aliphatic carbocycles. The third-order valence-electron chi connectivity index (χ3n) is 7.18. The number of rotatable bonds is 10. The van der Waals surface area contributed by atoms with Gasteiger partial charge in [-0.05, 0) is 61.6 Å². The summed E-state index contributed by atoms with van der Waals surface area (Å²) in [7, 11) is -2.11. The van der Waals surface area contributed by atoms with Crippen molar-refractivity contribution in [2.45, 2.75) is 60.9 Å². The van der Waals surface area contributed by atoms with E-state index in [1.54, 1.807) is 48.5 Å². The molecule has 2 heterocycles. The van der Waals surface area contributed by atoms with Gasteiger partial charge in [0.05, 0.1) is 35.1 Å². The van der Waals surface area contributed by atoms with Gasteiger partial charge in [-0.25, -0.2) is 18.2 Å². The molecule has 1 atom stereocenters. The predicted molar refractivity (Wildman–Crippen MR) is 152 cm³/mol. The Hall–Kier alpha value is -3.32. The Balaban J connectivity index is 1.31. The summed E-state index contributed by atoms with van der Waals surface area (Å²) >= 11 is 1.12. The summed E-state index contributed by atoms with van der Waals surface area (Å²) in [6.45, 7) is 1.09. The van der Waals surface area contributed by atoms with Crippen LogP contribution in [0.5, 0.6) is 10.8 Å². The largest absolute Gasteiger partial charge is 0.465 e. The van der Waals surface area contributed by atoms with Crippen LogP contribution >= 0.6 is 11.3 Å². The standard InChI is InChI=1S/C29H32N2O8S2/c1-36-28(33)20-5-4-6-22(17-20)38-25-18-30-29(40-25)31-27(32)26(39-21-13-15-37-16-14-21)19-9-11-24(12-10-19)41(34,35)23-7-2-3-8-23/h4-6,9-12,17-18,21,23,26H,2-3,7-8,13-16H2,1H3,(H,30,31,32). The fraction of sp³-hybridized carbons (Fsp3) is 0.414. The molecule has 41 heavy (non-hydrogen) atoms. The van der Waals surface area contributed by atoms with E-state index in [1.165, 1.54) is 13.3 Å². The van der Waals surface area contributed by atoms with E-state index in [4.69, 9.17) is 18.9 Å². The van der Waals surface area contributed by atoms with Gasteiger partial charge in [-0.2, -0.15) is 0 Å². The number of methoxy groups -OCH3 is 1. The number of ether oxygens (including phenoxy) is 4. The van der Waals surface area contributed by atoms with Crippen LogP contribution in [0.2, 0.25) is 0 Å². The zero-order chi connectivity index (χ0) is 28.8. The van der Waals surface area contributed by atoms with Crippen molar-refractivity contribution in [1.82, 2.24) is 4.98 Å². The SMILES string of the molecule is COC(=O)c1cccc(Oc2cnc(NC(=O)C(OC3CCOCC3)c3ccc(S(=O)(=O)C4CCCC4)cc3)s2)c1. The summed E-state index contributed by atoms with van der Waals surface area (Å²) in [6, 6.07) is 13.0. The first kappa shape index (κ1) is 29.2. The number of anilines is 1. The minimum absolute atomic E-state index is 0.182. The van der Waals surface area contributed by atoms with E-state index in [1.807, 2.05) is 0 Å². The lowest BCUT2D eigenvalue weighted by Gasteiger charge is -2.27. The predicted octanol–water partition coefficient (Wildman–Crippen LogP) is 5.31. The summed E-state index contributed by atoms with van der Waals surface area (Å²) in [5.74, 6) is -0.494. The molecular weight excluding hydrogens is 568 g/mol. The van der Waals surface area contributed by atoms with Crippen molar-refractivity contribution < 1.29 is 37.0 Å². The molecule has 1 amide bonds. The molecule has 218 valence electrons. The molecule has 0 bridgehead atoms. The van der Waals surface area contributed by atoms with E-state index in [9.17, 15) is 18.0 Å². The molecule has 1 N–H and O–H groups in total. The normalized spacial score (nSPS) is 17.2. The lowest BCUT2D eigenvalue weighted by molar-refractivity contribution is -0.136. The molecule has 0 radical (unpaired) electrons. The minimum Gasteiger partial charge on any atom is -0.465 e. The van der Waals surface area contributed by atoms with Crippen LogP contribution in [-0.4, -0.2) is 57.0 Å². The molecule has 3 aromatic rings. The molecule has 1 aliphatic heterocycles. The number of nitrogens with one attached hydrogen (secondary N) is 1. The van der Waals surface area contributed by atoms with Crippen LogP contribution in [0.1, 0.15) is 60.6 Å². The van der Waals surface area contributed by atoms with Gasteiger partial charge in [0.15, 0.2) is 21.1 Å². The molecule has 2 aliphatic rings. The number of carbonyl (C=O) groups is 2. The van der Waals surface area contributed by atoms with Crippen LogP contribution in [0.4, 0.5) is 5.13 Å². The van der Waals surface area contributed by atoms with Gasteiger partial charge in [0.25, 0.3) is 5.91 Å². The number of carbonyl (C=O) groups excluding carboxylic acids is 2. The topological polar surface area (TPSA) is 130 Å². The molecule has 1 aromatic heterocycles. The van der Waals surface area contributed by atoms with Crippen LogP contribution < -0.4 is 10.1 Å². The Kier molecular flexibility index (Phi) is 9.33. The summed E-state index contributed by atoms with van der Waals surface area (Å²) < 4.78 is 48.3. The monoisotopic (exact) mass is 600 g/mol. The first-order valence-corrected chi connectivity index (χ1v) is 15.9. The molecule has 2 fully saturated rings. The van der Waals surface area contributed by atoms with Crippen LogP contribution in [0.15, 0.2) is 59.6 Å². The highest BCUT2D eigenvalue weighted by Crippen LogP contribution is 2.34. The second kappa shape index (κ2) is 13.1. The summed E-state index contributed by atoms with van der Waals surface area (Å²) in [5, 5.41) is 3.16. The maximum Gasteiger partial charge on any atom is 0.337 e. The third kappa shape index (κ3) is 7.13. The van der Waals surface area contributed by atoms with Crippen LogP contribution in [0, 0.1) is 0 Å². The van der Waals surface area contributed by atoms with Crippen LogP contribution in [0.25, 0.3) is 0 Å². The van der Waals surface area contributed by atoms with Gasteiger partial charge in [0.2, 0.25) is 5.06 Å². The smallest absolute Gasteiger partial charge is 0.337 e. The number of hydrogen-bond acceptors (Lipinski definition) is 10. The van der Waals surface area contributed by atoms with Crippen molar-refractivity contribution >= 4 is 38.2 Å². The maximum absolute atomic E-state index is 13.5. The van der Waals surface area contributed by atoms with E-state index >= 15 is 0 Å². The Bertz CT molecular complexity index is 1460. The Labute approximate surface area is 242 Å². The Morgan fingerprint density at radius 2 is 1.78 bits per heavy atom. The minimum atomic E-state index is -3.42. The van der Waals surface area contributed by atoms with Gasteiger partial charge in [-0.1, -0.05) is 42.4 Å². The molecule has 2 aromatic carbocycles. The first-order valence-electron chi connectivity index (χ1n) is 13.5. The molecular formula is C29H32N2O8S2. The number of amides is 1. The number of hydrogen-bond donors (Lipinski definition) is 1. The quantitative estimate of drug-likeness (QED) is 0.308. The Morgan fingerprint density at radius 3 is 2.49 bits per heavy atom. The van der Waals surface area contributed by atoms with E-state index in [0.29, 0.717) is 66.0 Å². The average molecular weight is 601 g/mol. The molecule has 1 saturated carbocycles. The lowest BCUT2D eigenvalue weighted by Crippen LogP contribution is -2.31. The number of sulfone groups is 1. The average Bonchev–Trinajstić information content (AvgIpc) is 3.69. The van der Waals surface area contributed by atoms with Gasteiger partial charge in [-0.15, -0.1) is 0 Å². The van der Waals surface area contributed by atoms with Gasteiger partial charge < -0.3 is 18.9 Å². The zero-order valence-electron chi connectivity index (χ0n) is 22.6. The van der Waals surface area contributed by atoms with Crippen molar-refractivity contribution in [3.63, 3.8) is 0 Å². The number of thiazole rings is 1. The van der Waals surface area contributed by atoms with E-state index in [0.717, 1.165) is 24.2 Å². The van der Waals surface area contributed by atoms with Crippen LogP contribution in [-0.2, 0) is 28.8 Å². The van der Waals surface area contributed by atoms with E-state index in [2.05, 4.69) is 10.3 Å². The highest BCUT2D eigenvalue weighted by atomic mass is 32.2. The van der Waals surface area contributed by atoms with Gasteiger partial charge >= 0.3 is 5.97 Å². The third-order valence-corrected chi connectivity index (χ3v) is 10.2. The highest BCUT2D eigenvalue weighted by Gasteiger charge is 2.32. The lowest BCUT2D eigenvalue weighted by atomic mass is 10.1. The second-order valence-corrected chi connectivity index (χ2v) is 13.2. The van der Waals surface area contributed by atoms with E-state index < -0.39 is 27.8 Å². The molecule has 5 rings (SSSR count). The maximum atomic E-state index is 13.5.